The van der Waals surface area contributed by atoms with Crippen LogP contribution < -0.4 is 5.32 Å². The van der Waals surface area contributed by atoms with Crippen LogP contribution in [0.2, 0.25) is 0 Å². The Morgan fingerprint density at radius 1 is 1.27 bits per heavy atom. The van der Waals surface area contributed by atoms with Crippen molar-refractivity contribution in [2.75, 3.05) is 0 Å². The smallest absolute Gasteiger partial charge is 0.249 e. The number of piperidine rings is 1. The molecule has 3 aromatic rings. The molecule has 0 bridgehead atoms. The van der Waals surface area contributed by atoms with Gasteiger partial charge in [0.15, 0.2) is 0 Å². The quantitative estimate of drug-likeness (QED) is 0.722. The molecule has 1 aliphatic heterocycles. The third-order valence-electron chi connectivity index (χ3n) is 5.39. The van der Waals surface area contributed by atoms with E-state index in [4.69, 9.17) is 0 Å². The summed E-state index contributed by atoms with van der Waals surface area (Å²) in [6, 6.07) is 9.92. The van der Waals surface area contributed by atoms with Gasteiger partial charge in [-0.15, -0.1) is 0 Å². The minimum Gasteiger partial charge on any atom is -0.313 e. The van der Waals surface area contributed by atoms with Gasteiger partial charge in [0.2, 0.25) is 11.8 Å². The van der Waals surface area contributed by atoms with Crippen LogP contribution in [0.1, 0.15) is 57.1 Å². The number of fused-ring (bicyclic) bond motifs is 3. The normalized spacial score (nSPS) is 19.1. The number of nitrogens with one attached hydrogen (secondary N) is 1. The monoisotopic (exact) mass is 349 g/mol. The van der Waals surface area contributed by atoms with E-state index in [1.807, 2.05) is 10.6 Å². The van der Waals surface area contributed by atoms with Crippen molar-refractivity contribution in [1.29, 1.82) is 0 Å². The summed E-state index contributed by atoms with van der Waals surface area (Å²) in [7, 11) is 0. The molecule has 2 aromatic heterocycles. The Labute approximate surface area is 152 Å². The fourth-order valence-electron chi connectivity index (χ4n) is 4.19. The lowest BCUT2D eigenvalue weighted by atomic mass is 9.92. The standard InChI is InChI=1S/C21H23N3O2/c1-3-6-13(2)14-7-4-9-16-19(14)15-8-5-12-22-20(15)24(16)17-10-11-18(25)23-21(17)26/h4-5,7-9,12-13,17H,3,6,10-11H2,1-2H3,(H,23,25,26). The Balaban J connectivity index is 1.99. The van der Waals surface area contributed by atoms with Crippen molar-refractivity contribution in [3.05, 3.63) is 42.1 Å². The number of benzene rings is 1. The van der Waals surface area contributed by atoms with Gasteiger partial charge in [0.25, 0.3) is 0 Å². The van der Waals surface area contributed by atoms with Crippen LogP contribution in [0.15, 0.2) is 36.5 Å². The van der Waals surface area contributed by atoms with Gasteiger partial charge in [-0.3, -0.25) is 14.9 Å². The number of rotatable bonds is 4. The highest BCUT2D eigenvalue weighted by Gasteiger charge is 2.31. The van der Waals surface area contributed by atoms with Crippen molar-refractivity contribution in [3.8, 4) is 0 Å². The first-order valence-corrected chi connectivity index (χ1v) is 9.33. The first-order chi connectivity index (χ1) is 12.6. The van der Waals surface area contributed by atoms with Crippen molar-refractivity contribution >= 4 is 33.8 Å². The van der Waals surface area contributed by atoms with Crippen LogP contribution in [0.3, 0.4) is 0 Å². The predicted molar refractivity (Wildman–Crippen MR) is 102 cm³/mol. The summed E-state index contributed by atoms with van der Waals surface area (Å²) in [5, 5.41) is 4.73. The van der Waals surface area contributed by atoms with E-state index in [1.165, 1.54) is 10.9 Å². The minimum absolute atomic E-state index is 0.197. The van der Waals surface area contributed by atoms with Gasteiger partial charge in [-0.2, -0.15) is 0 Å². The number of nitrogens with zero attached hydrogens (tertiary/aromatic N) is 2. The van der Waals surface area contributed by atoms with Gasteiger partial charge in [0.05, 0.1) is 5.52 Å². The number of pyridine rings is 1. The molecular weight excluding hydrogens is 326 g/mol. The Bertz CT molecular complexity index is 1010. The minimum atomic E-state index is -0.403. The largest absolute Gasteiger partial charge is 0.313 e. The van der Waals surface area contributed by atoms with E-state index in [2.05, 4.69) is 48.4 Å². The van der Waals surface area contributed by atoms with Crippen LogP contribution in [0.25, 0.3) is 21.9 Å². The van der Waals surface area contributed by atoms with Gasteiger partial charge in [-0.25, -0.2) is 4.98 Å². The first-order valence-electron chi connectivity index (χ1n) is 9.33. The van der Waals surface area contributed by atoms with Crippen molar-refractivity contribution in [1.82, 2.24) is 14.9 Å². The molecule has 0 aliphatic carbocycles. The van der Waals surface area contributed by atoms with Gasteiger partial charge >= 0.3 is 0 Å². The third kappa shape index (κ3) is 2.59. The number of hydrogen-bond donors (Lipinski definition) is 1. The second kappa shape index (κ2) is 6.56. The van der Waals surface area contributed by atoms with Crippen LogP contribution in [-0.4, -0.2) is 21.4 Å². The molecule has 26 heavy (non-hydrogen) atoms. The highest BCUT2D eigenvalue weighted by Crippen LogP contribution is 2.38. The first kappa shape index (κ1) is 16.8. The van der Waals surface area contributed by atoms with Crippen LogP contribution in [-0.2, 0) is 9.59 Å². The van der Waals surface area contributed by atoms with E-state index in [1.54, 1.807) is 6.20 Å². The molecule has 1 aliphatic rings. The highest BCUT2D eigenvalue weighted by molar-refractivity contribution is 6.10. The summed E-state index contributed by atoms with van der Waals surface area (Å²) >= 11 is 0. The van der Waals surface area contributed by atoms with Crippen molar-refractivity contribution < 1.29 is 9.59 Å². The van der Waals surface area contributed by atoms with E-state index in [-0.39, 0.29) is 11.8 Å². The molecule has 1 N–H and O–H groups in total. The maximum absolute atomic E-state index is 12.5. The molecular formula is C21H23N3O2. The molecule has 1 aromatic carbocycles. The van der Waals surface area contributed by atoms with Crippen LogP contribution >= 0.6 is 0 Å². The molecule has 5 heteroatoms. The van der Waals surface area contributed by atoms with Gasteiger partial charge in [0, 0.05) is 23.4 Å². The Kier molecular flexibility index (Phi) is 4.23. The maximum atomic E-state index is 12.5. The molecule has 0 radical (unpaired) electrons. The zero-order valence-corrected chi connectivity index (χ0v) is 15.2. The Morgan fingerprint density at radius 2 is 2.12 bits per heavy atom. The molecule has 0 saturated carbocycles. The van der Waals surface area contributed by atoms with E-state index in [0.717, 1.165) is 29.4 Å². The summed E-state index contributed by atoms with van der Waals surface area (Å²) in [5.74, 6) is -0.000312. The van der Waals surface area contributed by atoms with Gasteiger partial charge in [0.1, 0.15) is 11.7 Å². The Morgan fingerprint density at radius 3 is 2.88 bits per heavy atom. The fraction of sp³-hybridized carbons (Fsp3) is 0.381. The van der Waals surface area contributed by atoms with Crippen LogP contribution in [0.4, 0.5) is 0 Å². The highest BCUT2D eigenvalue weighted by atomic mass is 16.2. The zero-order chi connectivity index (χ0) is 18.3. The molecule has 1 saturated heterocycles. The lowest BCUT2D eigenvalue weighted by Crippen LogP contribution is -2.41. The summed E-state index contributed by atoms with van der Waals surface area (Å²) < 4.78 is 2.02. The lowest BCUT2D eigenvalue weighted by molar-refractivity contribution is -0.135. The zero-order valence-electron chi connectivity index (χ0n) is 15.2. The lowest BCUT2D eigenvalue weighted by Gasteiger charge is -2.23. The average molecular weight is 349 g/mol. The summed E-state index contributed by atoms with van der Waals surface area (Å²) in [5.41, 5.74) is 3.13. The number of carbonyl (C=O) groups is 2. The molecule has 2 unspecified atom stereocenters. The topological polar surface area (TPSA) is 64.0 Å². The summed E-state index contributed by atoms with van der Waals surface area (Å²) in [6.45, 7) is 4.45. The number of imide groups is 1. The van der Waals surface area contributed by atoms with Crippen LogP contribution in [0.5, 0.6) is 0 Å². The number of amides is 2. The molecule has 0 spiro atoms. The van der Waals surface area contributed by atoms with Crippen LogP contribution in [0, 0.1) is 0 Å². The average Bonchev–Trinajstić information content (AvgIpc) is 2.97. The molecule has 1 fully saturated rings. The van der Waals surface area contributed by atoms with E-state index in [9.17, 15) is 9.59 Å². The molecule has 5 nitrogen and oxygen atoms in total. The van der Waals surface area contributed by atoms with Gasteiger partial charge in [-0.1, -0.05) is 32.4 Å². The van der Waals surface area contributed by atoms with Crippen molar-refractivity contribution in [2.24, 2.45) is 0 Å². The summed E-state index contributed by atoms with van der Waals surface area (Å²) in [4.78, 5) is 28.7. The second-order valence-electron chi connectivity index (χ2n) is 7.14. The Hall–Kier alpha value is -2.69. The fourth-order valence-corrected chi connectivity index (χ4v) is 4.19. The third-order valence-corrected chi connectivity index (χ3v) is 5.39. The number of aromatic nitrogens is 2. The van der Waals surface area contributed by atoms with Gasteiger partial charge in [-0.05, 0) is 42.5 Å². The van der Waals surface area contributed by atoms with E-state index < -0.39 is 6.04 Å². The summed E-state index contributed by atoms with van der Waals surface area (Å²) in [6.07, 6.45) is 4.87. The van der Waals surface area contributed by atoms with E-state index >= 15 is 0 Å². The molecule has 2 amide bonds. The maximum Gasteiger partial charge on any atom is 0.249 e. The van der Waals surface area contributed by atoms with E-state index in [0.29, 0.717) is 18.8 Å². The molecule has 2 atom stereocenters. The molecule has 4 rings (SSSR count). The van der Waals surface area contributed by atoms with Crippen molar-refractivity contribution in [3.63, 3.8) is 0 Å². The molecule has 134 valence electrons. The second-order valence-corrected chi connectivity index (χ2v) is 7.14. The predicted octanol–water partition coefficient (Wildman–Crippen LogP) is 4.07. The molecule has 3 heterocycles. The van der Waals surface area contributed by atoms with Crippen molar-refractivity contribution in [2.45, 2.75) is 51.5 Å². The number of carbonyl (C=O) groups excluding carboxylic acids is 2. The van der Waals surface area contributed by atoms with Gasteiger partial charge < -0.3 is 4.57 Å². The SMILES string of the molecule is CCCC(C)c1cccc2c1c1cccnc1n2C1CCC(=O)NC1=O. The number of hydrogen-bond acceptors (Lipinski definition) is 3.